The van der Waals surface area contributed by atoms with Gasteiger partial charge in [-0.15, -0.1) is 0 Å². The van der Waals surface area contributed by atoms with Crippen LogP contribution in [0.5, 0.6) is 0 Å². The molecule has 2 heterocycles. The number of carbonyl (C=O) groups is 1. The Bertz CT molecular complexity index is 226. The quantitative estimate of drug-likeness (QED) is 0.639. The van der Waals surface area contributed by atoms with E-state index in [1.54, 1.807) is 0 Å². The summed E-state index contributed by atoms with van der Waals surface area (Å²) in [6, 6.07) is 0.332. The Balaban J connectivity index is 1.79. The highest BCUT2D eigenvalue weighted by Crippen LogP contribution is 2.35. The highest BCUT2D eigenvalue weighted by molar-refractivity contribution is 5.75. The maximum Gasteiger partial charge on any atom is 0.317 e. The van der Waals surface area contributed by atoms with E-state index in [1.807, 2.05) is 18.7 Å². The van der Waals surface area contributed by atoms with Crippen LogP contribution >= 0.6 is 0 Å². The average molecular weight is 197 g/mol. The Morgan fingerprint density at radius 1 is 1.50 bits per heavy atom. The molecule has 4 heteroatoms. The molecule has 2 N–H and O–H groups in total. The van der Waals surface area contributed by atoms with E-state index in [1.165, 1.54) is 6.42 Å². The lowest BCUT2D eigenvalue weighted by molar-refractivity contribution is 0.0470. The van der Waals surface area contributed by atoms with Gasteiger partial charge >= 0.3 is 6.03 Å². The monoisotopic (exact) mass is 197 g/mol. The van der Waals surface area contributed by atoms with Gasteiger partial charge < -0.3 is 15.5 Å². The van der Waals surface area contributed by atoms with Gasteiger partial charge in [0.1, 0.15) is 0 Å². The number of likely N-dealkylation sites (tertiary alicyclic amines) is 1. The van der Waals surface area contributed by atoms with E-state index in [4.69, 9.17) is 0 Å². The minimum atomic E-state index is 0.0949. The molecule has 0 aromatic carbocycles. The Kier molecular flexibility index (Phi) is 2.39. The summed E-state index contributed by atoms with van der Waals surface area (Å²) in [4.78, 5) is 13.5. The van der Waals surface area contributed by atoms with Crippen molar-refractivity contribution in [3.8, 4) is 0 Å². The Labute approximate surface area is 85.0 Å². The fraction of sp³-hybridized carbons (Fsp3) is 0.900. The molecule has 2 saturated heterocycles. The Hall–Kier alpha value is -0.770. The van der Waals surface area contributed by atoms with Crippen LogP contribution in [0.4, 0.5) is 4.79 Å². The molecule has 1 spiro atoms. The first-order valence-electron chi connectivity index (χ1n) is 5.37. The van der Waals surface area contributed by atoms with Gasteiger partial charge in [0.05, 0.1) is 0 Å². The number of hydrogen-bond donors (Lipinski definition) is 2. The molecular weight excluding hydrogens is 178 g/mol. The van der Waals surface area contributed by atoms with E-state index in [2.05, 4.69) is 10.6 Å². The second-order valence-electron chi connectivity index (χ2n) is 4.89. The molecule has 0 unspecified atom stereocenters. The van der Waals surface area contributed by atoms with Crippen LogP contribution in [0.2, 0.25) is 0 Å². The zero-order valence-corrected chi connectivity index (χ0v) is 8.97. The van der Waals surface area contributed by atoms with Crippen LogP contribution in [0.25, 0.3) is 0 Å². The maximum absolute atomic E-state index is 11.6. The van der Waals surface area contributed by atoms with Gasteiger partial charge in [-0.3, -0.25) is 0 Å². The van der Waals surface area contributed by atoms with Crippen molar-refractivity contribution < 1.29 is 4.79 Å². The van der Waals surface area contributed by atoms with Gasteiger partial charge in [-0.2, -0.15) is 0 Å². The van der Waals surface area contributed by atoms with E-state index in [-0.39, 0.29) is 12.1 Å². The van der Waals surface area contributed by atoms with Gasteiger partial charge in [0.15, 0.2) is 0 Å². The fourth-order valence-electron chi connectivity index (χ4n) is 2.31. The van der Waals surface area contributed by atoms with Crippen molar-refractivity contribution in [3.05, 3.63) is 0 Å². The highest BCUT2D eigenvalue weighted by Gasteiger charge is 2.46. The first kappa shape index (κ1) is 9.77. The largest absolute Gasteiger partial charge is 0.336 e. The summed E-state index contributed by atoms with van der Waals surface area (Å²) in [6.07, 6.45) is 1.22. The first-order valence-corrected chi connectivity index (χ1v) is 5.37. The van der Waals surface area contributed by atoms with Crippen molar-refractivity contribution in [1.82, 2.24) is 15.5 Å². The lowest BCUT2D eigenvalue weighted by Gasteiger charge is -2.47. The molecule has 2 aliphatic heterocycles. The second kappa shape index (κ2) is 3.42. The minimum absolute atomic E-state index is 0.0949. The van der Waals surface area contributed by atoms with E-state index >= 15 is 0 Å². The van der Waals surface area contributed by atoms with E-state index in [0.717, 1.165) is 26.2 Å². The molecule has 0 aromatic rings. The SMILES string of the molecule is CC(C)NC(=O)N1CC2(CCNC2)C1. The van der Waals surface area contributed by atoms with E-state index in [9.17, 15) is 4.79 Å². The summed E-state index contributed by atoms with van der Waals surface area (Å²) < 4.78 is 0. The lowest BCUT2D eigenvalue weighted by atomic mass is 9.79. The summed E-state index contributed by atoms with van der Waals surface area (Å²) >= 11 is 0. The Morgan fingerprint density at radius 3 is 2.71 bits per heavy atom. The molecule has 0 saturated carbocycles. The molecule has 0 aromatic heterocycles. The molecule has 4 nitrogen and oxygen atoms in total. The molecule has 2 rings (SSSR count). The van der Waals surface area contributed by atoms with Crippen LogP contribution in [0, 0.1) is 5.41 Å². The van der Waals surface area contributed by atoms with Crippen LogP contribution in [0.15, 0.2) is 0 Å². The standard InChI is InChI=1S/C10H19N3O/c1-8(2)12-9(14)13-6-10(7-13)3-4-11-5-10/h8,11H,3-7H2,1-2H3,(H,12,14). The molecular formula is C10H19N3O. The average Bonchev–Trinajstić information content (AvgIpc) is 2.47. The van der Waals surface area contributed by atoms with Gasteiger partial charge in [-0.25, -0.2) is 4.79 Å². The molecule has 2 aliphatic rings. The third kappa shape index (κ3) is 1.71. The predicted octanol–water partition coefficient (Wildman–Crippen LogP) is 0.400. The normalized spacial score (nSPS) is 24.1. The molecule has 0 aliphatic carbocycles. The third-order valence-electron chi connectivity index (χ3n) is 3.08. The van der Waals surface area contributed by atoms with Gasteiger partial charge in [0.25, 0.3) is 0 Å². The van der Waals surface area contributed by atoms with Crippen LogP contribution in [0.1, 0.15) is 20.3 Å². The molecule has 0 bridgehead atoms. The number of urea groups is 1. The molecule has 0 atom stereocenters. The zero-order valence-electron chi connectivity index (χ0n) is 8.97. The van der Waals surface area contributed by atoms with Crippen molar-refractivity contribution in [2.45, 2.75) is 26.3 Å². The van der Waals surface area contributed by atoms with Crippen molar-refractivity contribution in [3.63, 3.8) is 0 Å². The lowest BCUT2D eigenvalue weighted by Crippen LogP contribution is -2.62. The van der Waals surface area contributed by atoms with Crippen LogP contribution < -0.4 is 10.6 Å². The van der Waals surface area contributed by atoms with Crippen LogP contribution in [-0.4, -0.2) is 43.2 Å². The van der Waals surface area contributed by atoms with Crippen molar-refractivity contribution in [2.24, 2.45) is 5.41 Å². The van der Waals surface area contributed by atoms with Gasteiger partial charge in [0.2, 0.25) is 0 Å². The topological polar surface area (TPSA) is 44.4 Å². The van der Waals surface area contributed by atoms with Gasteiger partial charge in [-0.05, 0) is 26.8 Å². The first-order chi connectivity index (χ1) is 6.61. The van der Waals surface area contributed by atoms with Crippen molar-refractivity contribution in [1.29, 1.82) is 0 Å². The molecule has 80 valence electrons. The number of rotatable bonds is 1. The number of carbonyl (C=O) groups excluding carboxylic acids is 1. The highest BCUT2D eigenvalue weighted by atomic mass is 16.2. The predicted molar refractivity (Wildman–Crippen MR) is 55.2 cm³/mol. The summed E-state index contributed by atoms with van der Waals surface area (Å²) in [5.74, 6) is 0. The third-order valence-corrected chi connectivity index (χ3v) is 3.08. The van der Waals surface area contributed by atoms with E-state index in [0.29, 0.717) is 5.41 Å². The maximum atomic E-state index is 11.6. The summed E-state index contributed by atoms with van der Waals surface area (Å²) in [6.45, 7) is 8.03. The van der Waals surface area contributed by atoms with Crippen molar-refractivity contribution >= 4 is 6.03 Å². The zero-order chi connectivity index (χ0) is 10.2. The van der Waals surface area contributed by atoms with Gasteiger partial charge in [0, 0.05) is 31.1 Å². The number of amides is 2. The number of hydrogen-bond acceptors (Lipinski definition) is 2. The number of nitrogens with one attached hydrogen (secondary N) is 2. The number of nitrogens with zero attached hydrogens (tertiary/aromatic N) is 1. The molecule has 2 amide bonds. The molecule has 2 fully saturated rings. The molecule has 0 radical (unpaired) electrons. The Morgan fingerprint density at radius 2 is 2.21 bits per heavy atom. The van der Waals surface area contributed by atoms with Gasteiger partial charge in [-0.1, -0.05) is 0 Å². The van der Waals surface area contributed by atoms with Crippen LogP contribution in [-0.2, 0) is 0 Å². The van der Waals surface area contributed by atoms with Crippen LogP contribution in [0.3, 0.4) is 0 Å². The molecule has 14 heavy (non-hydrogen) atoms. The second-order valence-corrected chi connectivity index (χ2v) is 4.89. The smallest absolute Gasteiger partial charge is 0.317 e. The summed E-state index contributed by atoms with van der Waals surface area (Å²) in [7, 11) is 0. The summed E-state index contributed by atoms with van der Waals surface area (Å²) in [5.41, 5.74) is 0.411. The minimum Gasteiger partial charge on any atom is -0.336 e. The summed E-state index contributed by atoms with van der Waals surface area (Å²) in [5, 5.41) is 6.27. The van der Waals surface area contributed by atoms with E-state index < -0.39 is 0 Å². The van der Waals surface area contributed by atoms with Crippen molar-refractivity contribution in [2.75, 3.05) is 26.2 Å². The fourth-order valence-corrected chi connectivity index (χ4v) is 2.31.